The lowest BCUT2D eigenvalue weighted by atomic mass is 10.00. The van der Waals surface area contributed by atoms with E-state index in [0.29, 0.717) is 12.0 Å². The molecule has 0 spiro atoms. The van der Waals surface area contributed by atoms with Crippen LogP contribution in [0.5, 0.6) is 0 Å². The van der Waals surface area contributed by atoms with E-state index < -0.39 is 0 Å². The van der Waals surface area contributed by atoms with Gasteiger partial charge in [-0.15, -0.1) is 0 Å². The van der Waals surface area contributed by atoms with Crippen molar-refractivity contribution in [1.82, 2.24) is 0 Å². The number of nitrogens with zero attached hydrogens (tertiary/aromatic N) is 1. The van der Waals surface area contributed by atoms with Gasteiger partial charge in [0.05, 0.1) is 0 Å². The van der Waals surface area contributed by atoms with Gasteiger partial charge in [-0.1, -0.05) is 18.2 Å². The van der Waals surface area contributed by atoms with Gasteiger partial charge < -0.3 is 10.2 Å². The topological polar surface area (TPSA) is 49.4 Å². The molecule has 0 saturated heterocycles. The number of aryl methyl sites for hydroxylation is 2. The number of halogens is 1. The molecule has 4 nitrogen and oxygen atoms in total. The van der Waals surface area contributed by atoms with E-state index in [2.05, 4.69) is 5.32 Å². The van der Waals surface area contributed by atoms with Crippen molar-refractivity contribution in [3.8, 4) is 0 Å². The van der Waals surface area contributed by atoms with Crippen LogP contribution in [-0.4, -0.2) is 18.4 Å². The van der Waals surface area contributed by atoms with E-state index in [9.17, 15) is 14.0 Å². The fraction of sp³-hybridized carbons (Fsp3) is 0.364. The van der Waals surface area contributed by atoms with E-state index in [-0.39, 0.29) is 30.0 Å². The normalized spacial score (nSPS) is 16.0. The molecule has 1 saturated carbocycles. The van der Waals surface area contributed by atoms with Crippen molar-refractivity contribution in [2.45, 2.75) is 38.5 Å². The second kappa shape index (κ2) is 7.51. The maximum absolute atomic E-state index is 13.7. The molecule has 1 aliphatic carbocycles. The highest BCUT2D eigenvalue weighted by Gasteiger charge is 2.35. The molecule has 1 N–H and O–H groups in total. The minimum atomic E-state index is -0.278. The molecule has 1 aliphatic heterocycles. The third-order valence-electron chi connectivity index (χ3n) is 5.25. The Morgan fingerprint density at radius 3 is 2.74 bits per heavy atom. The number of carbonyl (C=O) groups is 2. The first-order valence-electron chi connectivity index (χ1n) is 9.59. The van der Waals surface area contributed by atoms with Gasteiger partial charge in [0.2, 0.25) is 11.8 Å². The first-order valence-corrected chi connectivity index (χ1v) is 9.59. The number of amides is 2. The number of nitrogens with one attached hydrogen (secondary N) is 1. The highest BCUT2D eigenvalue weighted by Crippen LogP contribution is 2.36. The van der Waals surface area contributed by atoms with E-state index in [1.54, 1.807) is 18.2 Å². The molecular weight excluding hydrogens is 343 g/mol. The Bertz CT molecular complexity index is 876. The fourth-order valence-electron chi connectivity index (χ4n) is 3.63. The van der Waals surface area contributed by atoms with E-state index in [1.165, 1.54) is 6.07 Å². The Morgan fingerprint density at radius 2 is 1.96 bits per heavy atom. The van der Waals surface area contributed by atoms with Gasteiger partial charge in [-0.25, -0.2) is 4.39 Å². The number of hydrogen-bond acceptors (Lipinski definition) is 2. The van der Waals surface area contributed by atoms with Crippen LogP contribution in [-0.2, 0) is 22.4 Å². The van der Waals surface area contributed by atoms with Crippen LogP contribution in [0, 0.1) is 11.7 Å². The summed E-state index contributed by atoms with van der Waals surface area (Å²) in [5, 5.41) is 2.90. The van der Waals surface area contributed by atoms with Crippen molar-refractivity contribution >= 4 is 23.2 Å². The Labute approximate surface area is 158 Å². The lowest BCUT2D eigenvalue weighted by molar-refractivity contribution is -0.120. The quantitative estimate of drug-likeness (QED) is 0.867. The first-order chi connectivity index (χ1) is 13.1. The molecule has 2 amide bonds. The third-order valence-corrected chi connectivity index (χ3v) is 5.25. The third kappa shape index (κ3) is 4.02. The summed E-state index contributed by atoms with van der Waals surface area (Å²) in [5.74, 6) is 0.0192. The number of carbonyl (C=O) groups excluding carboxylic acids is 2. The van der Waals surface area contributed by atoms with Gasteiger partial charge in [0.1, 0.15) is 5.82 Å². The van der Waals surface area contributed by atoms with E-state index in [4.69, 9.17) is 0 Å². The SMILES string of the molecule is O=C(CCc1ccccc1F)Nc1ccc2c(c1)CCCN2C(=O)C1CC1. The van der Waals surface area contributed by atoms with Crippen LogP contribution in [0.3, 0.4) is 0 Å². The molecule has 140 valence electrons. The van der Waals surface area contributed by atoms with Gasteiger partial charge in [0.15, 0.2) is 0 Å². The average molecular weight is 366 g/mol. The Kier molecular flexibility index (Phi) is 4.92. The molecule has 0 aromatic heterocycles. The molecule has 27 heavy (non-hydrogen) atoms. The van der Waals surface area contributed by atoms with Crippen LogP contribution < -0.4 is 10.2 Å². The Morgan fingerprint density at radius 1 is 1.15 bits per heavy atom. The van der Waals surface area contributed by atoms with Crippen LogP contribution in [0.2, 0.25) is 0 Å². The molecule has 0 bridgehead atoms. The lowest BCUT2D eigenvalue weighted by Gasteiger charge is -2.30. The summed E-state index contributed by atoms with van der Waals surface area (Å²) < 4.78 is 13.7. The predicted octanol–water partition coefficient (Wildman–Crippen LogP) is 4.09. The Hall–Kier alpha value is -2.69. The van der Waals surface area contributed by atoms with Crippen molar-refractivity contribution in [2.24, 2.45) is 5.92 Å². The van der Waals surface area contributed by atoms with Gasteiger partial charge in [0.25, 0.3) is 0 Å². The molecule has 2 aromatic rings. The molecule has 2 aromatic carbocycles. The summed E-state index contributed by atoms with van der Waals surface area (Å²) in [5.41, 5.74) is 3.35. The highest BCUT2D eigenvalue weighted by molar-refractivity contribution is 5.98. The molecule has 1 fully saturated rings. The van der Waals surface area contributed by atoms with Crippen molar-refractivity contribution in [2.75, 3.05) is 16.8 Å². The van der Waals surface area contributed by atoms with Crippen LogP contribution in [0.15, 0.2) is 42.5 Å². The molecule has 0 unspecified atom stereocenters. The standard InChI is InChI=1S/C22H23FN2O2/c23-19-6-2-1-4-15(19)9-12-21(26)24-18-10-11-20-17(14-18)5-3-13-25(20)22(27)16-7-8-16/h1-2,4,6,10-11,14,16H,3,5,7-9,12-13H2,(H,24,26). The van der Waals surface area contributed by atoms with Crippen molar-refractivity contribution < 1.29 is 14.0 Å². The minimum Gasteiger partial charge on any atom is -0.326 e. The smallest absolute Gasteiger partial charge is 0.230 e. The van der Waals surface area contributed by atoms with Crippen LogP contribution >= 0.6 is 0 Å². The zero-order valence-electron chi connectivity index (χ0n) is 15.2. The second-order valence-electron chi connectivity index (χ2n) is 7.35. The van der Waals surface area contributed by atoms with E-state index in [0.717, 1.165) is 49.2 Å². The zero-order chi connectivity index (χ0) is 18.8. The van der Waals surface area contributed by atoms with E-state index >= 15 is 0 Å². The number of rotatable bonds is 5. The van der Waals surface area contributed by atoms with Crippen LogP contribution in [0.1, 0.15) is 36.8 Å². The van der Waals surface area contributed by atoms with Gasteiger partial charge in [0, 0.05) is 30.3 Å². The summed E-state index contributed by atoms with van der Waals surface area (Å²) in [6, 6.07) is 12.3. The molecule has 0 radical (unpaired) electrons. The Balaban J connectivity index is 1.40. The molecule has 2 aliphatic rings. The van der Waals surface area contributed by atoms with Crippen molar-refractivity contribution in [3.63, 3.8) is 0 Å². The minimum absolute atomic E-state index is 0.139. The summed E-state index contributed by atoms with van der Waals surface area (Å²) in [6.45, 7) is 0.774. The van der Waals surface area contributed by atoms with Gasteiger partial charge in [-0.05, 0) is 67.5 Å². The maximum atomic E-state index is 13.7. The number of benzene rings is 2. The summed E-state index contributed by atoms with van der Waals surface area (Å²) in [7, 11) is 0. The zero-order valence-corrected chi connectivity index (χ0v) is 15.2. The van der Waals surface area contributed by atoms with Crippen LogP contribution in [0.4, 0.5) is 15.8 Å². The second-order valence-corrected chi connectivity index (χ2v) is 7.35. The summed E-state index contributed by atoms with van der Waals surface area (Å²) in [6.07, 6.45) is 4.44. The monoisotopic (exact) mass is 366 g/mol. The number of fused-ring (bicyclic) bond motifs is 1. The molecular formula is C22H23FN2O2. The number of hydrogen-bond donors (Lipinski definition) is 1. The van der Waals surface area contributed by atoms with Crippen molar-refractivity contribution in [3.05, 3.63) is 59.4 Å². The lowest BCUT2D eigenvalue weighted by Crippen LogP contribution is -2.36. The summed E-state index contributed by atoms with van der Waals surface area (Å²) >= 11 is 0. The van der Waals surface area contributed by atoms with Crippen molar-refractivity contribution in [1.29, 1.82) is 0 Å². The number of anilines is 2. The first kappa shape index (κ1) is 17.7. The molecule has 5 heteroatoms. The average Bonchev–Trinajstić information content (AvgIpc) is 3.51. The van der Waals surface area contributed by atoms with Crippen LogP contribution in [0.25, 0.3) is 0 Å². The van der Waals surface area contributed by atoms with Gasteiger partial charge in [-0.3, -0.25) is 9.59 Å². The maximum Gasteiger partial charge on any atom is 0.230 e. The largest absolute Gasteiger partial charge is 0.326 e. The highest BCUT2D eigenvalue weighted by atomic mass is 19.1. The fourth-order valence-corrected chi connectivity index (χ4v) is 3.63. The summed E-state index contributed by atoms with van der Waals surface area (Å²) in [4.78, 5) is 26.6. The molecule has 4 rings (SSSR count). The predicted molar refractivity (Wildman–Crippen MR) is 103 cm³/mol. The molecule has 1 heterocycles. The van der Waals surface area contributed by atoms with Gasteiger partial charge in [-0.2, -0.15) is 0 Å². The van der Waals surface area contributed by atoms with Gasteiger partial charge >= 0.3 is 0 Å². The van der Waals surface area contributed by atoms with E-state index in [1.807, 2.05) is 23.1 Å². The molecule has 0 atom stereocenters.